The molecular weight excluding hydrogens is 274 g/mol. The van der Waals surface area contributed by atoms with Crippen molar-refractivity contribution >= 4 is 22.4 Å². The van der Waals surface area contributed by atoms with Crippen LogP contribution in [0.15, 0.2) is 54.9 Å². The normalized spacial score (nSPS) is 10.6. The highest BCUT2D eigenvalue weighted by Crippen LogP contribution is 2.17. The molecule has 0 atom stereocenters. The van der Waals surface area contributed by atoms with Gasteiger partial charge in [-0.25, -0.2) is 0 Å². The molecule has 0 fully saturated rings. The Bertz CT molecular complexity index is 843. The molecule has 0 aliphatic rings. The molecule has 0 bridgehead atoms. The Morgan fingerprint density at radius 1 is 1.09 bits per heavy atom. The number of carbonyl (C=O) groups is 1. The third kappa shape index (κ3) is 2.96. The third-order valence-corrected chi connectivity index (χ3v) is 3.81. The van der Waals surface area contributed by atoms with Crippen LogP contribution in [0.25, 0.3) is 10.8 Å². The Morgan fingerprint density at radius 3 is 2.68 bits per heavy atom. The summed E-state index contributed by atoms with van der Waals surface area (Å²) in [4.78, 5) is 12.2. The van der Waals surface area contributed by atoms with E-state index in [1.807, 2.05) is 62.5 Å². The predicted octanol–water partition coefficient (Wildman–Crippen LogP) is 2.78. The van der Waals surface area contributed by atoms with Crippen LogP contribution in [-0.4, -0.2) is 11.0 Å². The number of rotatable bonds is 3. The average Bonchev–Trinajstić information content (AvgIpc) is 2.52. The van der Waals surface area contributed by atoms with Crippen LogP contribution in [-0.2, 0) is 11.3 Å². The number of aromatic nitrogens is 2. The zero-order valence-electron chi connectivity index (χ0n) is 12.7. The second-order valence-corrected chi connectivity index (χ2v) is 5.40. The van der Waals surface area contributed by atoms with E-state index in [2.05, 4.69) is 10.4 Å². The zero-order valence-corrected chi connectivity index (χ0v) is 12.7. The number of hydrogen-bond acceptors (Lipinski definition) is 2. The Morgan fingerprint density at radius 2 is 1.86 bits per heavy atom. The summed E-state index contributed by atoms with van der Waals surface area (Å²) < 4.78 is 1.66. The number of anilines is 1. The van der Waals surface area contributed by atoms with Crippen molar-refractivity contribution < 1.29 is 9.48 Å². The largest absolute Gasteiger partial charge is 0.320 e. The second-order valence-electron chi connectivity index (χ2n) is 5.40. The summed E-state index contributed by atoms with van der Waals surface area (Å²) in [5.74, 6) is -0.0820. The van der Waals surface area contributed by atoms with E-state index in [9.17, 15) is 4.79 Å². The zero-order chi connectivity index (χ0) is 15.5. The lowest BCUT2D eigenvalue weighted by Crippen LogP contribution is -2.43. The number of amides is 1. The minimum Gasteiger partial charge on any atom is -0.320 e. The SMILES string of the molecule is Cc1cccc(NC(=O)C[n+]2cc3ccccc3cn2)c1C. The maximum atomic E-state index is 12.2. The van der Waals surface area contributed by atoms with Gasteiger partial charge in [-0.2, -0.15) is 0 Å². The van der Waals surface area contributed by atoms with Gasteiger partial charge < -0.3 is 5.32 Å². The van der Waals surface area contributed by atoms with Crippen molar-refractivity contribution in [3.8, 4) is 0 Å². The van der Waals surface area contributed by atoms with Crippen molar-refractivity contribution in [1.82, 2.24) is 5.10 Å². The molecule has 110 valence electrons. The molecule has 0 unspecified atom stereocenters. The smallest absolute Gasteiger partial charge is 0.292 e. The van der Waals surface area contributed by atoms with E-state index in [-0.39, 0.29) is 12.5 Å². The summed E-state index contributed by atoms with van der Waals surface area (Å²) in [7, 11) is 0. The molecule has 1 amide bonds. The number of nitrogens with one attached hydrogen (secondary N) is 1. The van der Waals surface area contributed by atoms with Gasteiger partial charge in [-0.15, -0.1) is 0 Å². The van der Waals surface area contributed by atoms with Gasteiger partial charge in [0.2, 0.25) is 6.20 Å². The van der Waals surface area contributed by atoms with E-state index >= 15 is 0 Å². The molecule has 3 aromatic rings. The molecule has 4 heteroatoms. The maximum absolute atomic E-state index is 12.2. The number of aryl methyl sites for hydroxylation is 1. The highest BCUT2D eigenvalue weighted by atomic mass is 16.2. The van der Waals surface area contributed by atoms with E-state index in [1.54, 1.807) is 10.9 Å². The van der Waals surface area contributed by atoms with Gasteiger partial charge in [-0.3, -0.25) is 4.79 Å². The van der Waals surface area contributed by atoms with Crippen molar-refractivity contribution in [3.05, 3.63) is 66.0 Å². The van der Waals surface area contributed by atoms with Crippen LogP contribution in [0.1, 0.15) is 11.1 Å². The van der Waals surface area contributed by atoms with Gasteiger partial charge in [0, 0.05) is 16.5 Å². The summed E-state index contributed by atoms with van der Waals surface area (Å²) in [6.45, 7) is 4.23. The molecule has 0 spiro atoms. The van der Waals surface area contributed by atoms with Gasteiger partial charge in [0.25, 0.3) is 12.5 Å². The van der Waals surface area contributed by atoms with Gasteiger partial charge in [-0.05, 0) is 42.2 Å². The van der Waals surface area contributed by atoms with E-state index in [0.29, 0.717) is 0 Å². The average molecular weight is 292 g/mol. The Kier molecular flexibility index (Phi) is 3.83. The number of nitrogens with zero attached hydrogens (tertiary/aromatic N) is 2. The molecule has 22 heavy (non-hydrogen) atoms. The molecule has 0 saturated carbocycles. The topological polar surface area (TPSA) is 45.9 Å². The van der Waals surface area contributed by atoms with E-state index < -0.39 is 0 Å². The van der Waals surface area contributed by atoms with Crippen molar-refractivity contribution in [2.75, 3.05) is 5.32 Å². The maximum Gasteiger partial charge on any atom is 0.292 e. The van der Waals surface area contributed by atoms with Gasteiger partial charge in [0.15, 0.2) is 0 Å². The lowest BCUT2D eigenvalue weighted by molar-refractivity contribution is -0.740. The summed E-state index contributed by atoms with van der Waals surface area (Å²) in [5, 5.41) is 9.36. The summed E-state index contributed by atoms with van der Waals surface area (Å²) in [5.41, 5.74) is 3.10. The molecule has 0 radical (unpaired) electrons. The van der Waals surface area contributed by atoms with E-state index in [0.717, 1.165) is 27.6 Å². The van der Waals surface area contributed by atoms with Crippen molar-refractivity contribution in [2.45, 2.75) is 20.4 Å². The third-order valence-electron chi connectivity index (χ3n) is 3.81. The van der Waals surface area contributed by atoms with Gasteiger partial charge in [0.1, 0.15) is 6.20 Å². The highest BCUT2D eigenvalue weighted by Gasteiger charge is 2.13. The van der Waals surface area contributed by atoms with Crippen LogP contribution in [0, 0.1) is 13.8 Å². The second kappa shape index (κ2) is 5.93. The first-order valence-electron chi connectivity index (χ1n) is 7.24. The van der Waals surface area contributed by atoms with Crippen molar-refractivity contribution in [3.63, 3.8) is 0 Å². The fourth-order valence-electron chi connectivity index (χ4n) is 2.39. The molecule has 4 nitrogen and oxygen atoms in total. The lowest BCUT2D eigenvalue weighted by atomic mass is 10.1. The number of fused-ring (bicyclic) bond motifs is 1. The molecule has 0 aliphatic heterocycles. The molecule has 2 aromatic carbocycles. The quantitative estimate of drug-likeness (QED) is 0.755. The lowest BCUT2D eigenvalue weighted by Gasteiger charge is -2.08. The van der Waals surface area contributed by atoms with Gasteiger partial charge in [0.05, 0.1) is 0 Å². The van der Waals surface area contributed by atoms with Crippen LogP contribution in [0.4, 0.5) is 5.69 Å². The molecular formula is C18H18N3O+. The first kappa shape index (κ1) is 14.2. The molecule has 1 N–H and O–H groups in total. The minimum absolute atomic E-state index is 0.0820. The minimum atomic E-state index is -0.0820. The number of benzene rings is 2. The first-order chi connectivity index (χ1) is 10.6. The molecule has 0 aliphatic carbocycles. The molecule has 0 saturated heterocycles. The van der Waals surface area contributed by atoms with E-state index in [4.69, 9.17) is 0 Å². The van der Waals surface area contributed by atoms with Gasteiger partial charge >= 0.3 is 0 Å². The summed E-state index contributed by atoms with van der Waals surface area (Å²) in [6, 6.07) is 13.9. The summed E-state index contributed by atoms with van der Waals surface area (Å²) in [6.07, 6.45) is 3.67. The predicted molar refractivity (Wildman–Crippen MR) is 86.5 cm³/mol. The van der Waals surface area contributed by atoms with Crippen molar-refractivity contribution in [2.24, 2.45) is 0 Å². The van der Waals surface area contributed by atoms with Gasteiger partial charge in [-0.1, -0.05) is 35.0 Å². The Hall–Kier alpha value is -2.75. The molecule has 1 aromatic heterocycles. The summed E-state index contributed by atoms with van der Waals surface area (Å²) >= 11 is 0. The molecule has 3 rings (SSSR count). The fourth-order valence-corrected chi connectivity index (χ4v) is 2.39. The van der Waals surface area contributed by atoms with Crippen LogP contribution in [0.5, 0.6) is 0 Å². The Labute approximate surface area is 129 Å². The van der Waals surface area contributed by atoms with Crippen LogP contribution >= 0.6 is 0 Å². The van der Waals surface area contributed by atoms with Crippen LogP contribution in [0.2, 0.25) is 0 Å². The molecule has 1 heterocycles. The van der Waals surface area contributed by atoms with Crippen molar-refractivity contribution in [1.29, 1.82) is 0 Å². The Balaban J connectivity index is 1.76. The monoisotopic (exact) mass is 292 g/mol. The number of carbonyl (C=O) groups excluding carboxylic acids is 1. The van der Waals surface area contributed by atoms with E-state index in [1.165, 1.54) is 0 Å². The highest BCUT2D eigenvalue weighted by molar-refractivity contribution is 5.90. The van der Waals surface area contributed by atoms with Crippen LogP contribution in [0.3, 0.4) is 0 Å². The standard InChI is InChI=1S/C18H17N3O/c1-13-6-5-9-17(14(13)2)20-18(22)12-21-11-16-8-4-3-7-15(16)10-19-21/h3-11H,12H2,1-2H3/p+1. The van der Waals surface area contributed by atoms with Crippen LogP contribution < -0.4 is 10.00 Å². The first-order valence-corrected chi connectivity index (χ1v) is 7.24. The fraction of sp³-hybridized carbons (Fsp3) is 0.167. The number of hydrogen-bond donors (Lipinski definition) is 1.